The predicted molar refractivity (Wildman–Crippen MR) is 162 cm³/mol. The number of hydrogen-bond donors (Lipinski definition) is 0. The molecule has 1 atom stereocenters. The molecule has 0 amide bonds. The summed E-state index contributed by atoms with van der Waals surface area (Å²) in [6.45, 7) is 7.30. The summed E-state index contributed by atoms with van der Waals surface area (Å²) in [5.41, 5.74) is 6.79. The minimum Gasteiger partial charge on any atom is -0.426 e. The first-order valence-electron chi connectivity index (χ1n) is 13.4. The van der Waals surface area contributed by atoms with Gasteiger partial charge in [-0.2, -0.15) is 0 Å². The lowest BCUT2D eigenvalue weighted by atomic mass is 9.66. The second-order valence-corrected chi connectivity index (χ2v) is 12.8. The Morgan fingerprint density at radius 1 is 0.775 bits per heavy atom. The van der Waals surface area contributed by atoms with Gasteiger partial charge in [0.25, 0.3) is 0 Å². The highest BCUT2D eigenvalue weighted by Crippen LogP contribution is 2.57. The first-order chi connectivity index (χ1) is 19.1. The van der Waals surface area contributed by atoms with Crippen LogP contribution in [-0.2, 0) is 14.6 Å². The Labute approximate surface area is 234 Å². The molecule has 0 fully saturated rings. The van der Waals surface area contributed by atoms with E-state index in [1.54, 1.807) is 12.1 Å². The Balaban J connectivity index is 1.60. The van der Waals surface area contributed by atoms with E-state index in [1.165, 1.54) is 6.92 Å². The maximum absolute atomic E-state index is 13.5. The van der Waals surface area contributed by atoms with E-state index < -0.39 is 9.84 Å². The van der Waals surface area contributed by atoms with E-state index >= 15 is 0 Å². The predicted octanol–water partition coefficient (Wildman–Crippen LogP) is 7.93. The molecule has 4 nitrogen and oxygen atoms in total. The van der Waals surface area contributed by atoms with E-state index in [4.69, 9.17) is 4.74 Å². The Morgan fingerprint density at radius 3 is 2.00 bits per heavy atom. The molecule has 5 aromatic carbocycles. The molecule has 40 heavy (non-hydrogen) atoms. The maximum atomic E-state index is 13.5. The lowest BCUT2D eigenvalue weighted by Crippen LogP contribution is -2.23. The lowest BCUT2D eigenvalue weighted by molar-refractivity contribution is -0.131. The van der Waals surface area contributed by atoms with Crippen LogP contribution in [0.4, 0.5) is 0 Å². The highest BCUT2D eigenvalue weighted by molar-refractivity contribution is 7.91. The number of aryl methyl sites for hydroxylation is 2. The summed E-state index contributed by atoms with van der Waals surface area (Å²) in [6, 6.07) is 29.7. The Bertz CT molecular complexity index is 1950. The van der Waals surface area contributed by atoms with Crippen LogP contribution in [-0.4, -0.2) is 20.1 Å². The SMILES string of the molecule is CC(=O)Oc1c2c(cc3cc4ccccc4cc13)/C(=C(/C)CS(=O)(=O)c1ccc(C)cc1)C2c1ccc(C)cc1. The van der Waals surface area contributed by atoms with Crippen molar-refractivity contribution < 1.29 is 17.9 Å². The van der Waals surface area contributed by atoms with Gasteiger partial charge in [0.15, 0.2) is 9.84 Å². The Morgan fingerprint density at radius 2 is 1.38 bits per heavy atom. The second kappa shape index (κ2) is 9.76. The molecule has 0 aliphatic heterocycles. The largest absolute Gasteiger partial charge is 0.426 e. The van der Waals surface area contributed by atoms with Crippen LogP contribution in [0.1, 0.15) is 47.6 Å². The van der Waals surface area contributed by atoms with Gasteiger partial charge in [0, 0.05) is 23.8 Å². The van der Waals surface area contributed by atoms with Crippen LogP contribution in [0.25, 0.3) is 27.1 Å². The molecule has 0 bridgehead atoms. The molecule has 0 aromatic heterocycles. The van der Waals surface area contributed by atoms with Crippen molar-refractivity contribution in [3.05, 3.63) is 124 Å². The normalized spacial score (nSPS) is 15.9. The maximum Gasteiger partial charge on any atom is 0.308 e. The summed E-state index contributed by atoms with van der Waals surface area (Å²) in [4.78, 5) is 12.7. The summed E-state index contributed by atoms with van der Waals surface area (Å²) >= 11 is 0. The summed E-state index contributed by atoms with van der Waals surface area (Å²) < 4.78 is 32.9. The number of rotatable bonds is 5. The number of hydrogen-bond acceptors (Lipinski definition) is 4. The fraction of sp³-hybridized carbons (Fsp3) is 0.171. The van der Waals surface area contributed by atoms with Crippen LogP contribution in [0.15, 0.2) is 101 Å². The zero-order chi connectivity index (χ0) is 28.2. The molecule has 0 N–H and O–H groups in total. The van der Waals surface area contributed by atoms with E-state index in [1.807, 2.05) is 45.0 Å². The molecular weight excluding hydrogens is 516 g/mol. The van der Waals surface area contributed by atoms with Gasteiger partial charge >= 0.3 is 5.97 Å². The molecule has 0 saturated carbocycles. The summed E-state index contributed by atoms with van der Waals surface area (Å²) in [7, 11) is -3.56. The lowest BCUT2D eigenvalue weighted by Gasteiger charge is -2.38. The number of ether oxygens (including phenoxy) is 1. The molecule has 5 heteroatoms. The molecule has 200 valence electrons. The van der Waals surface area contributed by atoms with E-state index in [0.29, 0.717) is 10.6 Å². The van der Waals surface area contributed by atoms with Gasteiger partial charge in [-0.25, -0.2) is 8.42 Å². The average Bonchev–Trinajstić information content (AvgIpc) is 2.90. The highest BCUT2D eigenvalue weighted by Gasteiger charge is 2.40. The van der Waals surface area contributed by atoms with Crippen LogP contribution < -0.4 is 4.74 Å². The summed E-state index contributed by atoms with van der Waals surface area (Å²) in [5.74, 6) is -0.142. The van der Waals surface area contributed by atoms with Crippen molar-refractivity contribution in [1.29, 1.82) is 0 Å². The average molecular weight is 547 g/mol. The van der Waals surface area contributed by atoms with Crippen LogP contribution in [0, 0.1) is 13.8 Å². The number of carbonyl (C=O) groups is 1. The van der Waals surface area contributed by atoms with Crippen molar-refractivity contribution >= 4 is 42.9 Å². The van der Waals surface area contributed by atoms with E-state index in [0.717, 1.165) is 60.5 Å². The van der Waals surface area contributed by atoms with Gasteiger partial charge in [-0.3, -0.25) is 4.79 Å². The fourth-order valence-corrected chi connectivity index (χ4v) is 7.26. The third-order valence-electron chi connectivity index (χ3n) is 7.77. The number of sulfone groups is 1. The van der Waals surface area contributed by atoms with E-state index in [9.17, 15) is 13.2 Å². The molecule has 0 saturated heterocycles. The van der Waals surface area contributed by atoms with Crippen LogP contribution >= 0.6 is 0 Å². The third-order valence-corrected chi connectivity index (χ3v) is 9.57. The topological polar surface area (TPSA) is 60.4 Å². The van der Waals surface area contributed by atoms with Crippen molar-refractivity contribution in [2.75, 3.05) is 5.75 Å². The summed E-state index contributed by atoms with van der Waals surface area (Å²) in [6.07, 6.45) is 0. The standard InChI is InChI=1S/C35H30O4S/c1-21-9-13-25(14-10-21)33-32(23(3)20-40(37,38)29-15-11-22(2)12-16-29)31-19-28-17-26-7-5-6-8-27(26)18-30(28)35(34(31)33)39-24(4)36/h5-19,33H,20H2,1-4H3/b32-23+. The van der Waals surface area contributed by atoms with Gasteiger partial charge in [-0.1, -0.05) is 77.4 Å². The number of fused-ring (bicyclic) bond motifs is 3. The van der Waals surface area contributed by atoms with Crippen molar-refractivity contribution in [2.24, 2.45) is 0 Å². The zero-order valence-corrected chi connectivity index (χ0v) is 23.8. The Hall–Kier alpha value is -4.22. The van der Waals surface area contributed by atoms with Crippen molar-refractivity contribution in [3.63, 3.8) is 0 Å². The second-order valence-electron chi connectivity index (χ2n) is 10.8. The smallest absolute Gasteiger partial charge is 0.308 e. The van der Waals surface area contributed by atoms with Gasteiger partial charge < -0.3 is 4.74 Å². The highest BCUT2D eigenvalue weighted by atomic mass is 32.2. The summed E-state index contributed by atoms with van der Waals surface area (Å²) in [5, 5.41) is 3.96. The van der Waals surface area contributed by atoms with Crippen LogP contribution in [0.3, 0.4) is 0 Å². The molecular formula is C35H30O4S. The number of benzene rings is 5. The van der Waals surface area contributed by atoms with Crippen molar-refractivity contribution in [2.45, 2.75) is 38.5 Å². The van der Waals surface area contributed by atoms with Gasteiger partial charge in [-0.15, -0.1) is 0 Å². The minimum absolute atomic E-state index is 0.0914. The van der Waals surface area contributed by atoms with Gasteiger partial charge in [0.05, 0.1) is 10.6 Å². The van der Waals surface area contributed by atoms with E-state index in [-0.39, 0.29) is 17.6 Å². The first-order valence-corrected chi connectivity index (χ1v) is 15.0. The molecule has 0 heterocycles. The van der Waals surface area contributed by atoms with Crippen LogP contribution in [0.2, 0.25) is 0 Å². The third kappa shape index (κ3) is 4.50. The van der Waals surface area contributed by atoms with Crippen LogP contribution in [0.5, 0.6) is 5.75 Å². The molecule has 1 unspecified atom stereocenters. The minimum atomic E-state index is -3.56. The molecule has 5 aromatic rings. The fourth-order valence-electron chi connectivity index (χ4n) is 5.82. The quantitative estimate of drug-likeness (QED) is 0.128. The number of esters is 1. The number of carbonyl (C=O) groups excluding carboxylic acids is 1. The van der Waals surface area contributed by atoms with E-state index in [2.05, 4.69) is 54.6 Å². The van der Waals surface area contributed by atoms with Gasteiger partial charge in [0.1, 0.15) is 5.75 Å². The number of allylic oxidation sites excluding steroid dienone is 1. The molecule has 1 aliphatic carbocycles. The molecule has 6 rings (SSSR count). The zero-order valence-electron chi connectivity index (χ0n) is 23.0. The van der Waals surface area contributed by atoms with Crippen molar-refractivity contribution in [1.82, 2.24) is 0 Å². The first kappa shape index (κ1) is 26.0. The monoisotopic (exact) mass is 546 g/mol. The molecule has 0 radical (unpaired) electrons. The molecule has 0 spiro atoms. The van der Waals surface area contributed by atoms with Gasteiger partial charge in [-0.05, 0) is 84.0 Å². The molecule has 1 aliphatic rings. The van der Waals surface area contributed by atoms with Crippen molar-refractivity contribution in [3.8, 4) is 5.75 Å². The Kier molecular flexibility index (Phi) is 6.35. The van der Waals surface area contributed by atoms with Gasteiger partial charge in [0.2, 0.25) is 0 Å².